The molecule has 1 saturated carbocycles. The third-order valence-corrected chi connectivity index (χ3v) is 4.85. The normalized spacial score (nSPS) is 13.6. The number of hydrogen-bond acceptors (Lipinski definition) is 4. The SMILES string of the molecule is Cc1cc(/C=C/C(=O)OCC(=O)Nc2ccc(N(C)C)cc2)c(C)n1C1CC1. The van der Waals surface area contributed by atoms with Crippen LogP contribution in [-0.4, -0.2) is 37.1 Å². The average Bonchev–Trinajstić information content (AvgIpc) is 3.44. The van der Waals surface area contributed by atoms with E-state index in [9.17, 15) is 9.59 Å². The maximum absolute atomic E-state index is 12.0. The van der Waals surface area contributed by atoms with E-state index in [1.54, 1.807) is 6.08 Å². The number of benzene rings is 1. The fraction of sp³-hybridized carbons (Fsp3) is 0.364. The van der Waals surface area contributed by atoms with Gasteiger partial charge in [-0.25, -0.2) is 4.79 Å². The summed E-state index contributed by atoms with van der Waals surface area (Å²) < 4.78 is 7.36. The quantitative estimate of drug-likeness (QED) is 0.587. The van der Waals surface area contributed by atoms with E-state index in [1.807, 2.05) is 43.3 Å². The second-order valence-electron chi connectivity index (χ2n) is 7.36. The summed E-state index contributed by atoms with van der Waals surface area (Å²) in [5.41, 5.74) is 5.06. The lowest BCUT2D eigenvalue weighted by molar-refractivity contribution is -0.142. The van der Waals surface area contributed by atoms with Crippen LogP contribution >= 0.6 is 0 Å². The lowest BCUT2D eigenvalue weighted by Gasteiger charge is -2.13. The number of aryl methyl sites for hydroxylation is 1. The van der Waals surface area contributed by atoms with Crippen molar-refractivity contribution in [2.75, 3.05) is 30.9 Å². The Morgan fingerprint density at radius 3 is 2.50 bits per heavy atom. The molecule has 3 rings (SSSR count). The van der Waals surface area contributed by atoms with Crippen LogP contribution in [0.4, 0.5) is 11.4 Å². The average molecular weight is 381 g/mol. The minimum Gasteiger partial charge on any atom is -0.452 e. The number of esters is 1. The molecule has 0 atom stereocenters. The number of rotatable bonds is 7. The number of ether oxygens (including phenoxy) is 1. The maximum Gasteiger partial charge on any atom is 0.331 e. The van der Waals surface area contributed by atoms with E-state index in [0.717, 1.165) is 16.9 Å². The van der Waals surface area contributed by atoms with E-state index in [0.29, 0.717) is 11.7 Å². The van der Waals surface area contributed by atoms with Crippen molar-refractivity contribution < 1.29 is 14.3 Å². The molecule has 0 unspecified atom stereocenters. The van der Waals surface area contributed by atoms with Gasteiger partial charge in [0.05, 0.1) is 0 Å². The fourth-order valence-corrected chi connectivity index (χ4v) is 3.25. The van der Waals surface area contributed by atoms with E-state index in [4.69, 9.17) is 4.74 Å². The molecule has 1 N–H and O–H groups in total. The molecule has 0 bridgehead atoms. The summed E-state index contributed by atoms with van der Waals surface area (Å²) in [4.78, 5) is 25.9. The van der Waals surface area contributed by atoms with E-state index < -0.39 is 5.97 Å². The largest absolute Gasteiger partial charge is 0.452 e. The second-order valence-corrected chi connectivity index (χ2v) is 7.36. The topological polar surface area (TPSA) is 63.6 Å². The molecule has 1 aliphatic carbocycles. The van der Waals surface area contributed by atoms with Crippen molar-refractivity contribution >= 4 is 29.3 Å². The zero-order chi connectivity index (χ0) is 20.3. The van der Waals surface area contributed by atoms with Gasteiger partial charge in [-0.3, -0.25) is 4.79 Å². The number of aromatic nitrogens is 1. The number of amides is 1. The zero-order valence-electron chi connectivity index (χ0n) is 16.9. The number of hydrogen-bond donors (Lipinski definition) is 1. The third kappa shape index (κ3) is 4.82. The van der Waals surface area contributed by atoms with Gasteiger partial charge in [0, 0.05) is 49.0 Å². The van der Waals surface area contributed by atoms with Gasteiger partial charge in [0.25, 0.3) is 5.91 Å². The fourth-order valence-electron chi connectivity index (χ4n) is 3.25. The Labute approximate surface area is 165 Å². The van der Waals surface area contributed by atoms with Crippen LogP contribution in [0.1, 0.15) is 35.8 Å². The summed E-state index contributed by atoms with van der Waals surface area (Å²) in [5, 5.41) is 2.71. The van der Waals surface area contributed by atoms with Gasteiger partial charge in [0.2, 0.25) is 0 Å². The molecule has 0 radical (unpaired) electrons. The van der Waals surface area contributed by atoms with Crippen LogP contribution in [0.3, 0.4) is 0 Å². The molecule has 2 aromatic rings. The molecular weight excluding hydrogens is 354 g/mol. The molecule has 6 nitrogen and oxygen atoms in total. The van der Waals surface area contributed by atoms with Crippen molar-refractivity contribution in [2.24, 2.45) is 0 Å². The molecule has 148 valence electrons. The first-order chi connectivity index (χ1) is 13.3. The molecule has 1 heterocycles. The first-order valence-corrected chi connectivity index (χ1v) is 9.45. The van der Waals surface area contributed by atoms with Gasteiger partial charge >= 0.3 is 5.97 Å². The summed E-state index contributed by atoms with van der Waals surface area (Å²) in [6.07, 6.45) is 5.56. The first kappa shape index (κ1) is 19.7. The van der Waals surface area contributed by atoms with Crippen molar-refractivity contribution in [3.63, 3.8) is 0 Å². The zero-order valence-corrected chi connectivity index (χ0v) is 16.9. The summed E-state index contributed by atoms with van der Waals surface area (Å²) in [6.45, 7) is 3.82. The van der Waals surface area contributed by atoms with Gasteiger partial charge in [0.1, 0.15) is 0 Å². The number of carbonyl (C=O) groups is 2. The summed E-state index contributed by atoms with van der Waals surface area (Å²) in [6, 6.07) is 10.1. The standard InChI is InChI=1S/C22H27N3O3/c1-15-13-17(16(2)25(15)20-10-11-20)5-12-22(27)28-14-21(26)23-18-6-8-19(9-7-18)24(3)4/h5-9,12-13,20H,10-11,14H2,1-4H3,(H,23,26)/b12-5+. The molecule has 0 aliphatic heterocycles. The highest BCUT2D eigenvalue weighted by Gasteiger charge is 2.26. The van der Waals surface area contributed by atoms with Gasteiger partial charge in [-0.05, 0) is 68.7 Å². The Kier molecular flexibility index (Phi) is 5.87. The molecule has 0 saturated heterocycles. The van der Waals surface area contributed by atoms with Crippen LogP contribution in [0.15, 0.2) is 36.4 Å². The molecule has 1 amide bonds. The molecule has 6 heteroatoms. The Bertz CT molecular complexity index is 890. The predicted molar refractivity (Wildman–Crippen MR) is 112 cm³/mol. The monoisotopic (exact) mass is 381 g/mol. The Balaban J connectivity index is 1.49. The molecule has 1 aromatic heterocycles. The molecule has 1 aromatic carbocycles. The van der Waals surface area contributed by atoms with Crippen LogP contribution in [0, 0.1) is 13.8 Å². The van der Waals surface area contributed by atoms with Crippen molar-refractivity contribution in [3.8, 4) is 0 Å². The van der Waals surface area contributed by atoms with E-state index in [1.165, 1.54) is 24.6 Å². The summed E-state index contributed by atoms with van der Waals surface area (Å²) >= 11 is 0. The van der Waals surface area contributed by atoms with E-state index in [-0.39, 0.29) is 12.5 Å². The first-order valence-electron chi connectivity index (χ1n) is 9.45. The molecule has 1 aliphatic rings. The van der Waals surface area contributed by atoms with Crippen LogP contribution in [0.2, 0.25) is 0 Å². The van der Waals surface area contributed by atoms with Crippen LogP contribution in [0.5, 0.6) is 0 Å². The van der Waals surface area contributed by atoms with Gasteiger partial charge in [-0.2, -0.15) is 0 Å². The highest BCUT2D eigenvalue weighted by Crippen LogP contribution is 2.38. The van der Waals surface area contributed by atoms with Gasteiger partial charge in [0.15, 0.2) is 6.61 Å². The second kappa shape index (κ2) is 8.33. The van der Waals surface area contributed by atoms with Gasteiger partial charge < -0.3 is 19.5 Å². The van der Waals surface area contributed by atoms with Crippen LogP contribution in [0.25, 0.3) is 6.08 Å². The third-order valence-electron chi connectivity index (χ3n) is 4.85. The Morgan fingerprint density at radius 1 is 1.21 bits per heavy atom. The van der Waals surface area contributed by atoms with Gasteiger partial charge in [-0.15, -0.1) is 0 Å². The Morgan fingerprint density at radius 2 is 1.89 bits per heavy atom. The number of carbonyl (C=O) groups excluding carboxylic acids is 2. The summed E-state index contributed by atoms with van der Waals surface area (Å²) in [5.74, 6) is -0.902. The van der Waals surface area contributed by atoms with E-state index >= 15 is 0 Å². The van der Waals surface area contributed by atoms with Crippen LogP contribution < -0.4 is 10.2 Å². The number of anilines is 2. The van der Waals surface area contributed by atoms with Gasteiger partial charge in [-0.1, -0.05) is 0 Å². The lowest BCUT2D eigenvalue weighted by atomic mass is 10.2. The predicted octanol–water partition coefficient (Wildman–Crippen LogP) is 3.70. The highest BCUT2D eigenvalue weighted by atomic mass is 16.5. The smallest absolute Gasteiger partial charge is 0.331 e. The number of nitrogens with zero attached hydrogens (tertiary/aromatic N) is 2. The lowest BCUT2D eigenvalue weighted by Crippen LogP contribution is -2.20. The minimum atomic E-state index is -0.533. The molecule has 0 spiro atoms. The van der Waals surface area contributed by atoms with Crippen LogP contribution in [-0.2, 0) is 14.3 Å². The Hall–Kier alpha value is -3.02. The number of nitrogens with one attached hydrogen (secondary N) is 1. The summed E-state index contributed by atoms with van der Waals surface area (Å²) in [7, 11) is 3.90. The maximum atomic E-state index is 12.0. The van der Waals surface area contributed by atoms with Crippen molar-refractivity contribution in [2.45, 2.75) is 32.7 Å². The van der Waals surface area contributed by atoms with Crippen molar-refractivity contribution in [1.29, 1.82) is 0 Å². The van der Waals surface area contributed by atoms with Crippen molar-refractivity contribution in [3.05, 3.63) is 53.4 Å². The molecule has 1 fully saturated rings. The van der Waals surface area contributed by atoms with Crippen molar-refractivity contribution in [1.82, 2.24) is 4.57 Å². The minimum absolute atomic E-state index is 0.320. The highest BCUT2D eigenvalue weighted by molar-refractivity contribution is 5.94. The van der Waals surface area contributed by atoms with E-state index in [2.05, 4.69) is 29.8 Å². The molecular formula is C22H27N3O3. The molecule has 28 heavy (non-hydrogen) atoms.